The lowest BCUT2D eigenvalue weighted by atomic mass is 9.97. The Kier molecular flexibility index (Phi) is 10.6. The first-order chi connectivity index (χ1) is 23.1. The van der Waals surface area contributed by atoms with Gasteiger partial charge in [-0.1, -0.05) is 0 Å². The Morgan fingerprint density at radius 1 is 1.00 bits per heavy atom. The number of allylic oxidation sites excluding steroid dienone is 2. The molecule has 19 nitrogen and oxygen atoms in total. The molecule has 1 unspecified atom stereocenters. The van der Waals surface area contributed by atoms with E-state index in [1.807, 2.05) is 0 Å². The molecule has 2 saturated heterocycles. The van der Waals surface area contributed by atoms with Crippen molar-refractivity contribution in [3.63, 3.8) is 0 Å². The number of carbonyl (C=O) groups excluding carboxylic acids is 1. The molecule has 1 aromatic carbocycles. The number of ether oxygens (including phenoxy) is 4. The predicted octanol–water partition coefficient (Wildman–Crippen LogP) is -4.85. The van der Waals surface area contributed by atoms with Crippen LogP contribution in [0.2, 0.25) is 0 Å². The summed E-state index contributed by atoms with van der Waals surface area (Å²) in [6.07, 6.45) is -12.7. The van der Waals surface area contributed by atoms with Gasteiger partial charge in [-0.3, -0.25) is 0 Å². The number of carboxylic acids is 3. The average Bonchev–Trinajstić information content (AvgIpc) is 3.41. The first-order valence-corrected chi connectivity index (χ1v) is 15.1. The fraction of sp³-hybridized carbons (Fsp3) is 0.533. The molecule has 0 saturated carbocycles. The van der Waals surface area contributed by atoms with Gasteiger partial charge in [-0.15, -0.1) is 0 Å². The van der Waals surface area contributed by atoms with Crippen molar-refractivity contribution in [1.82, 2.24) is 5.32 Å². The highest BCUT2D eigenvalue weighted by atomic mass is 16.8. The third-order valence-corrected chi connectivity index (χ3v) is 8.70. The second kappa shape index (κ2) is 14.4. The Bertz CT molecular complexity index is 1560. The summed E-state index contributed by atoms with van der Waals surface area (Å²) >= 11 is 0. The maximum atomic E-state index is 12.1. The third-order valence-electron chi connectivity index (χ3n) is 8.70. The van der Waals surface area contributed by atoms with Crippen LogP contribution in [0, 0.1) is 0 Å². The van der Waals surface area contributed by atoms with Crippen molar-refractivity contribution >= 4 is 29.8 Å². The molecule has 268 valence electrons. The topological polar surface area (TPSA) is 308 Å². The monoisotopic (exact) mass is 696 g/mol. The van der Waals surface area contributed by atoms with Gasteiger partial charge in [0.15, 0.2) is 30.1 Å². The first kappa shape index (κ1) is 36.1. The summed E-state index contributed by atoms with van der Waals surface area (Å²) in [6.45, 7) is 0.583. The minimum Gasteiger partial charge on any atom is -0.543 e. The van der Waals surface area contributed by atoms with Crippen LogP contribution >= 0.6 is 0 Å². The third kappa shape index (κ3) is 7.25. The molecule has 0 bridgehead atoms. The number of aromatic hydroxyl groups is 1. The van der Waals surface area contributed by atoms with Gasteiger partial charge in [0, 0.05) is 24.5 Å². The van der Waals surface area contributed by atoms with E-state index >= 15 is 0 Å². The van der Waals surface area contributed by atoms with Crippen LogP contribution in [0.3, 0.4) is 0 Å². The Hall–Kier alpha value is -4.18. The highest BCUT2D eigenvalue weighted by Gasteiger charge is 2.51. The summed E-state index contributed by atoms with van der Waals surface area (Å²) in [5, 5.41) is 106. The summed E-state index contributed by atoms with van der Waals surface area (Å²) in [5.41, 5.74) is 0.322. The smallest absolute Gasteiger partial charge is 0.351 e. The van der Waals surface area contributed by atoms with E-state index in [-0.39, 0.29) is 35.5 Å². The molecule has 4 aliphatic rings. The van der Waals surface area contributed by atoms with E-state index in [0.717, 1.165) is 0 Å². The minimum atomic E-state index is -1.86. The van der Waals surface area contributed by atoms with Crippen LogP contribution in [-0.2, 0) is 35.0 Å². The van der Waals surface area contributed by atoms with Crippen LogP contribution in [0.15, 0.2) is 35.6 Å². The standard InChI is InChI=1S/C30H36N2O17/c1-10-20(35)22(37)24(39)29(46-10)49-25-23(38)21(36)19(9-33)48-30(25)47-18-8-15-12(7-17(18)34)6-16(28(44)45)32(15)3-2-11-4-13(26(40)41)31-14(5-11)27(42)43/h2-4,7-8,10,14,16,19-25,29-30,33,35-39H,5-6,9H2,1H3,(H4,34,40,41,42,43,44,45)/t10-,14+,16?,19+,20+,21+,22+,23-,24+,25+,29-,30-/m0/s1. The maximum absolute atomic E-state index is 12.1. The number of nitrogens with zero attached hydrogens (tertiary/aromatic N) is 1. The zero-order valence-corrected chi connectivity index (χ0v) is 25.7. The zero-order valence-electron chi connectivity index (χ0n) is 25.7. The first-order valence-electron chi connectivity index (χ1n) is 15.1. The summed E-state index contributed by atoms with van der Waals surface area (Å²) in [6, 6.07) is -0.193. The van der Waals surface area contributed by atoms with Crippen LogP contribution in [0.25, 0.3) is 0 Å². The number of benzene rings is 1. The number of hydrogen-bond donors (Lipinski definition) is 10. The Morgan fingerprint density at radius 3 is 2.35 bits per heavy atom. The van der Waals surface area contributed by atoms with Gasteiger partial charge in [-0.25, -0.2) is 9.59 Å². The largest absolute Gasteiger partial charge is 0.543 e. The van der Waals surface area contributed by atoms with E-state index in [1.165, 1.54) is 42.0 Å². The van der Waals surface area contributed by atoms with Crippen molar-refractivity contribution in [2.24, 2.45) is 0 Å². The van der Waals surface area contributed by atoms with Crippen LogP contribution in [0.1, 0.15) is 18.9 Å². The Morgan fingerprint density at radius 2 is 1.71 bits per heavy atom. The molecule has 19 heteroatoms. The fourth-order valence-corrected chi connectivity index (χ4v) is 5.98. The van der Waals surface area contributed by atoms with E-state index in [9.17, 15) is 65.4 Å². The van der Waals surface area contributed by atoms with E-state index in [0.29, 0.717) is 5.56 Å². The number of aliphatic carboxylic acids is 3. The number of phenolic OH excluding ortho intramolecular Hbond substituents is 1. The predicted molar refractivity (Wildman–Crippen MR) is 155 cm³/mol. The van der Waals surface area contributed by atoms with Crippen molar-refractivity contribution in [2.45, 2.75) is 93.3 Å². The van der Waals surface area contributed by atoms with E-state index in [2.05, 4.69) is 5.32 Å². The van der Waals surface area contributed by atoms with Crippen molar-refractivity contribution < 1.29 is 89.0 Å². The molecule has 10 N–H and O–H groups in total. The summed E-state index contributed by atoms with van der Waals surface area (Å²) in [4.78, 5) is 35.2. The SMILES string of the molecule is C[C@@H]1O[C@@H](O[C@H]2[C@@H](Oc3cc4c(cc3O)CC(C(=O)[O-])[N+]4=C/C=C3/C=C(C(=O)O)N[C@@H](C(=O)O)C3)O[C@H](CO)[C@@H](O)[C@@H]2O)[C@H](O)[C@H](O)[C@@H]1O. The number of rotatable bonds is 9. The normalized spacial score (nSPS) is 37.7. The molecule has 5 rings (SSSR count). The number of aliphatic hydroxyl groups excluding tert-OH is 6. The molecule has 0 amide bonds. The molecular formula is C30H36N2O17. The molecule has 4 heterocycles. The van der Waals surface area contributed by atoms with E-state index in [4.69, 9.17) is 18.9 Å². The van der Waals surface area contributed by atoms with Gasteiger partial charge >= 0.3 is 11.9 Å². The molecule has 1 aromatic rings. The van der Waals surface area contributed by atoms with Crippen molar-refractivity contribution in [3.05, 3.63) is 41.1 Å². The van der Waals surface area contributed by atoms with Crippen LogP contribution < -0.4 is 15.2 Å². The highest BCUT2D eigenvalue weighted by Crippen LogP contribution is 2.41. The summed E-state index contributed by atoms with van der Waals surface area (Å²) < 4.78 is 23.8. The van der Waals surface area contributed by atoms with Gasteiger partial charge in [0.2, 0.25) is 18.0 Å². The molecule has 0 aliphatic carbocycles. The number of phenols is 1. The van der Waals surface area contributed by atoms with Crippen LogP contribution in [0.4, 0.5) is 5.69 Å². The second-order valence-corrected chi connectivity index (χ2v) is 12.0. The lowest BCUT2D eigenvalue weighted by Crippen LogP contribution is -2.64. The molecule has 49 heavy (non-hydrogen) atoms. The quantitative estimate of drug-likeness (QED) is 0.108. The number of nitrogens with one attached hydrogen (secondary N) is 1. The number of fused-ring (bicyclic) bond motifs is 1. The van der Waals surface area contributed by atoms with Gasteiger partial charge in [0.25, 0.3) is 0 Å². The number of aliphatic hydroxyl groups is 6. The van der Waals surface area contributed by atoms with Gasteiger partial charge < -0.3 is 80.1 Å². The number of carboxylic acid groups (broad SMARTS) is 3. The van der Waals surface area contributed by atoms with Crippen molar-refractivity contribution in [2.75, 3.05) is 6.61 Å². The maximum Gasteiger partial charge on any atom is 0.351 e. The Balaban J connectivity index is 1.48. The number of carbonyl (C=O) groups is 3. The highest BCUT2D eigenvalue weighted by molar-refractivity contribution is 5.89. The van der Waals surface area contributed by atoms with Crippen LogP contribution in [-0.4, -0.2) is 155 Å². The van der Waals surface area contributed by atoms with E-state index < -0.39 is 104 Å². The summed E-state index contributed by atoms with van der Waals surface area (Å²) in [7, 11) is 0. The Labute approximate surface area is 276 Å². The van der Waals surface area contributed by atoms with Gasteiger partial charge in [-0.2, -0.15) is 4.58 Å². The van der Waals surface area contributed by atoms with Gasteiger partial charge in [-0.05, 0) is 24.6 Å². The molecular weight excluding hydrogens is 660 g/mol. The molecule has 4 aliphatic heterocycles. The lowest BCUT2D eigenvalue weighted by Gasteiger charge is -2.45. The zero-order chi connectivity index (χ0) is 35.9. The average molecular weight is 697 g/mol. The second-order valence-electron chi connectivity index (χ2n) is 12.0. The molecule has 0 spiro atoms. The molecule has 0 aromatic heterocycles. The molecule has 12 atom stereocenters. The minimum absolute atomic E-state index is 0.141. The summed E-state index contributed by atoms with van der Waals surface area (Å²) in [5.74, 6) is -5.12. The van der Waals surface area contributed by atoms with Crippen molar-refractivity contribution in [1.29, 1.82) is 0 Å². The fourth-order valence-electron chi connectivity index (χ4n) is 5.98. The van der Waals surface area contributed by atoms with Crippen molar-refractivity contribution in [3.8, 4) is 11.5 Å². The molecule has 2 fully saturated rings. The van der Waals surface area contributed by atoms with Gasteiger partial charge in [0.05, 0.1) is 18.8 Å². The lowest BCUT2D eigenvalue weighted by molar-refractivity contribution is -0.475. The molecule has 0 radical (unpaired) electrons. The van der Waals surface area contributed by atoms with Crippen LogP contribution in [0.5, 0.6) is 11.5 Å². The van der Waals surface area contributed by atoms with E-state index in [1.54, 1.807) is 0 Å². The number of hydrogen-bond acceptors (Lipinski definition) is 16. The van der Waals surface area contributed by atoms with Gasteiger partial charge in [0.1, 0.15) is 54.3 Å².